The van der Waals surface area contributed by atoms with Gasteiger partial charge in [-0.1, -0.05) is 67.1 Å². The first-order valence-electron chi connectivity index (χ1n) is 8.76. The second kappa shape index (κ2) is 8.23. The Hall–Kier alpha value is -1.53. The summed E-state index contributed by atoms with van der Waals surface area (Å²) < 4.78 is 0. The average molecular weight is 468 g/mol. The van der Waals surface area contributed by atoms with Gasteiger partial charge in [-0.2, -0.15) is 6.07 Å². The van der Waals surface area contributed by atoms with Crippen LogP contribution in [0.3, 0.4) is 0 Å². The Kier molecular flexibility index (Phi) is 5.74. The van der Waals surface area contributed by atoms with Crippen molar-refractivity contribution in [1.82, 2.24) is 0 Å². The third-order valence-corrected chi connectivity index (χ3v) is 4.95. The van der Waals surface area contributed by atoms with E-state index in [-0.39, 0.29) is 0 Å². The van der Waals surface area contributed by atoms with Gasteiger partial charge in [0.2, 0.25) is 0 Å². The molecule has 132 valence electrons. The van der Waals surface area contributed by atoms with Gasteiger partial charge in [0.25, 0.3) is 0 Å². The molecule has 0 amide bonds. The van der Waals surface area contributed by atoms with Crippen molar-refractivity contribution in [2.45, 2.75) is 6.92 Å². The Balaban J connectivity index is 0.000000565. The average Bonchev–Trinajstić information content (AvgIpc) is 3.08. The van der Waals surface area contributed by atoms with E-state index in [9.17, 15) is 0 Å². The van der Waals surface area contributed by atoms with Crippen molar-refractivity contribution in [1.29, 1.82) is 0 Å². The number of rotatable bonds is 1. The zero-order valence-electron chi connectivity index (χ0n) is 14.8. The maximum absolute atomic E-state index is 4.93. The number of hydrogen-bond donors (Lipinski definition) is 0. The van der Waals surface area contributed by atoms with Gasteiger partial charge in [-0.05, 0) is 33.2 Å². The van der Waals surface area contributed by atoms with Crippen LogP contribution in [0.4, 0.5) is 0 Å². The van der Waals surface area contributed by atoms with Crippen LogP contribution in [0, 0.1) is 6.92 Å². The minimum absolute atomic E-state index is 0.826. The third-order valence-electron chi connectivity index (χ3n) is 4.95. The number of aryl methyl sites for hydroxylation is 1. The van der Waals surface area contributed by atoms with Gasteiger partial charge in [0, 0.05) is 0 Å². The summed E-state index contributed by atoms with van der Waals surface area (Å²) in [5.74, 6) is 0. The van der Waals surface area contributed by atoms with Crippen LogP contribution in [0.2, 0.25) is 0 Å². The molecule has 0 aliphatic rings. The fourth-order valence-corrected chi connectivity index (χ4v) is 3.90. The molecule has 0 heterocycles. The Morgan fingerprint density at radius 2 is 1.33 bits per heavy atom. The number of fused-ring (bicyclic) bond motifs is 4. The van der Waals surface area contributed by atoms with Gasteiger partial charge in [-0.3, -0.25) is 0 Å². The van der Waals surface area contributed by atoms with Gasteiger partial charge >= 0.3 is 37.9 Å². The van der Waals surface area contributed by atoms with E-state index in [0.29, 0.717) is 0 Å². The van der Waals surface area contributed by atoms with Crippen LogP contribution >= 0.6 is 17.0 Å². The Morgan fingerprint density at radius 3 is 2.11 bits per heavy atom. The molecule has 3 heteroatoms. The van der Waals surface area contributed by atoms with Crippen LogP contribution in [-0.4, -0.2) is 0 Å². The predicted molar refractivity (Wildman–Crippen MR) is 116 cm³/mol. The first-order chi connectivity index (χ1) is 13.2. The van der Waals surface area contributed by atoms with Gasteiger partial charge in [0.1, 0.15) is 0 Å². The third kappa shape index (κ3) is 3.61. The molecule has 5 aromatic carbocycles. The van der Waals surface area contributed by atoms with Crippen molar-refractivity contribution in [2.75, 3.05) is 0 Å². The molecule has 0 spiro atoms. The van der Waals surface area contributed by atoms with E-state index in [1.165, 1.54) is 49.0 Å². The molecule has 0 nitrogen and oxygen atoms in total. The van der Waals surface area contributed by atoms with Crippen molar-refractivity contribution in [3.63, 3.8) is 0 Å². The number of halogens is 2. The van der Waals surface area contributed by atoms with E-state index in [2.05, 4.69) is 91.9 Å². The van der Waals surface area contributed by atoms with E-state index >= 15 is 0 Å². The topological polar surface area (TPSA) is 0 Å². The van der Waals surface area contributed by atoms with E-state index in [1.54, 1.807) is 0 Å². The second-order valence-electron chi connectivity index (χ2n) is 6.60. The molecule has 0 bridgehead atoms. The van der Waals surface area contributed by atoms with Crippen LogP contribution in [0.5, 0.6) is 0 Å². The molecule has 0 atom stereocenters. The summed E-state index contributed by atoms with van der Waals surface area (Å²) in [6.07, 6.45) is 0. The summed E-state index contributed by atoms with van der Waals surface area (Å²) in [6.45, 7) is 2.17. The zero-order chi connectivity index (χ0) is 18.8. The molecule has 0 saturated heterocycles. The first kappa shape index (κ1) is 18.8. The molecule has 0 radical (unpaired) electrons. The molecule has 5 aromatic rings. The summed E-state index contributed by atoms with van der Waals surface area (Å²) in [5, 5.41) is 7.93. The quantitative estimate of drug-likeness (QED) is 0.172. The predicted octanol–water partition coefficient (Wildman–Crippen LogP) is 8.22. The van der Waals surface area contributed by atoms with Gasteiger partial charge in [0.15, 0.2) is 0 Å². The Morgan fingerprint density at radius 1 is 0.667 bits per heavy atom. The molecular weight excluding hydrogens is 450 g/mol. The molecule has 0 aliphatic heterocycles. The van der Waals surface area contributed by atoms with Crippen LogP contribution < -0.4 is 0 Å². The van der Waals surface area contributed by atoms with Crippen LogP contribution in [0.25, 0.3) is 43.4 Å². The molecule has 0 fully saturated rings. The molecule has 5 rings (SSSR count). The van der Waals surface area contributed by atoms with Gasteiger partial charge in [0.05, 0.1) is 0 Å². The van der Waals surface area contributed by atoms with Crippen molar-refractivity contribution in [2.24, 2.45) is 0 Å². The molecular formula is C24H17Cl2Zr-. The summed E-state index contributed by atoms with van der Waals surface area (Å²) in [7, 11) is 9.87. The van der Waals surface area contributed by atoms with E-state index in [1.807, 2.05) is 0 Å². The number of benzene rings is 4. The molecule has 27 heavy (non-hydrogen) atoms. The van der Waals surface area contributed by atoms with Crippen molar-refractivity contribution in [3.05, 3.63) is 90.5 Å². The van der Waals surface area contributed by atoms with E-state index in [4.69, 9.17) is 17.0 Å². The maximum atomic E-state index is 4.93. The van der Waals surface area contributed by atoms with Crippen LogP contribution in [-0.2, 0) is 20.8 Å². The normalized spacial score (nSPS) is 10.8. The molecule has 0 aliphatic carbocycles. The second-order valence-corrected chi connectivity index (χ2v) is 10.3. The first-order valence-corrected chi connectivity index (χ1v) is 15.1. The van der Waals surface area contributed by atoms with Gasteiger partial charge in [-0.25, -0.2) is 0 Å². The minimum atomic E-state index is -0.826. The summed E-state index contributed by atoms with van der Waals surface area (Å²) in [4.78, 5) is 0. The molecule has 0 N–H and O–H groups in total. The van der Waals surface area contributed by atoms with Crippen molar-refractivity contribution < 1.29 is 20.8 Å². The standard InChI is InChI=1S/C24H17.2ClH.Zr/c1-16-13-17-8-6-12-22(23(17)14-16)24-15-18-7-2-3-9-19(18)20-10-4-5-11-21(20)24;;;/h2-15H,1H3;2*1H;/q-1;;;+2/p-2. The summed E-state index contributed by atoms with van der Waals surface area (Å²) in [5.41, 5.74) is 3.96. The van der Waals surface area contributed by atoms with E-state index in [0.717, 1.165) is 0 Å². The Bertz CT molecular complexity index is 1240. The van der Waals surface area contributed by atoms with Crippen LogP contribution in [0.15, 0.2) is 84.9 Å². The molecule has 0 saturated carbocycles. The van der Waals surface area contributed by atoms with Crippen molar-refractivity contribution in [3.8, 4) is 11.1 Å². The SMILES string of the molecule is Cc1cc2c(-c3cc4ccccc4c4ccccc34)cccc2[cH-]1.[Cl][Zr][Cl]. The van der Waals surface area contributed by atoms with E-state index < -0.39 is 20.8 Å². The summed E-state index contributed by atoms with van der Waals surface area (Å²) in [6, 6.07) is 30.9. The zero-order valence-corrected chi connectivity index (χ0v) is 18.8. The van der Waals surface area contributed by atoms with Crippen molar-refractivity contribution >= 4 is 49.3 Å². The Labute approximate surface area is 177 Å². The number of hydrogen-bond acceptors (Lipinski definition) is 0. The van der Waals surface area contributed by atoms with Crippen LogP contribution in [0.1, 0.15) is 5.56 Å². The summed E-state index contributed by atoms with van der Waals surface area (Å²) >= 11 is -0.826. The fourth-order valence-electron chi connectivity index (χ4n) is 3.90. The van der Waals surface area contributed by atoms with Gasteiger partial charge < -0.3 is 0 Å². The fraction of sp³-hybridized carbons (Fsp3) is 0.0417. The molecule has 0 unspecified atom stereocenters. The monoisotopic (exact) mass is 465 g/mol. The van der Waals surface area contributed by atoms with Gasteiger partial charge in [-0.15, -0.1) is 34.5 Å². The molecule has 0 aromatic heterocycles.